The molecular formula is C13H26NNaO4. The van der Waals surface area contributed by atoms with Crippen molar-refractivity contribution in [1.82, 2.24) is 0 Å². The van der Waals surface area contributed by atoms with Gasteiger partial charge in [-0.3, -0.25) is 4.79 Å². The average molecular weight is 283 g/mol. The van der Waals surface area contributed by atoms with Crippen LogP contribution >= 0.6 is 0 Å². The smallest absolute Gasteiger partial charge is 0.550 e. The zero-order chi connectivity index (χ0) is 14.4. The van der Waals surface area contributed by atoms with Gasteiger partial charge in [0.25, 0.3) is 0 Å². The van der Waals surface area contributed by atoms with Crippen molar-refractivity contribution in [3.05, 3.63) is 0 Å². The van der Waals surface area contributed by atoms with Gasteiger partial charge in [0, 0.05) is 5.97 Å². The second-order valence-electron chi connectivity index (χ2n) is 4.37. The zero-order valence-corrected chi connectivity index (χ0v) is 14.5. The molecule has 108 valence electrons. The first-order chi connectivity index (χ1) is 8.41. The van der Waals surface area contributed by atoms with Crippen LogP contribution in [0.25, 0.3) is 0 Å². The fourth-order valence-corrected chi connectivity index (χ4v) is 1.23. The van der Waals surface area contributed by atoms with E-state index >= 15 is 0 Å². The number of carboxylic acid groups (broad SMARTS) is 2. The zero-order valence-electron chi connectivity index (χ0n) is 12.5. The van der Waals surface area contributed by atoms with Crippen molar-refractivity contribution in [1.29, 1.82) is 0 Å². The average Bonchev–Trinajstić information content (AvgIpc) is 2.28. The molecule has 0 bridgehead atoms. The summed E-state index contributed by atoms with van der Waals surface area (Å²) in [6.07, 6.45) is 8.34. The Labute approximate surface area is 138 Å². The summed E-state index contributed by atoms with van der Waals surface area (Å²) in [5.41, 5.74) is 4.84. The van der Waals surface area contributed by atoms with Crippen molar-refractivity contribution in [3.8, 4) is 0 Å². The minimum atomic E-state index is -0.963. The minimum Gasteiger partial charge on any atom is -0.550 e. The van der Waals surface area contributed by atoms with Crippen LogP contribution in [0.1, 0.15) is 65.2 Å². The number of hydrogen-bond donors (Lipinski definition) is 2. The number of rotatable bonds is 9. The van der Waals surface area contributed by atoms with Crippen LogP contribution in [0.15, 0.2) is 0 Å². The van der Waals surface area contributed by atoms with E-state index in [2.05, 4.69) is 6.92 Å². The molecule has 0 saturated heterocycles. The topological polar surface area (TPSA) is 103 Å². The molecule has 0 aromatic carbocycles. The Balaban J connectivity index is -0.000000313. The molecule has 0 fully saturated rings. The molecule has 0 aliphatic carbocycles. The second kappa shape index (κ2) is 17.9. The molecule has 0 radical (unpaired) electrons. The minimum absolute atomic E-state index is 0. The summed E-state index contributed by atoms with van der Waals surface area (Å²) in [6, 6.07) is -0.731. The molecule has 0 aromatic heterocycles. The third-order valence-corrected chi connectivity index (χ3v) is 2.37. The Bertz CT molecular complexity index is 223. The van der Waals surface area contributed by atoms with Gasteiger partial charge in [0.15, 0.2) is 0 Å². The Morgan fingerprint density at radius 2 is 1.47 bits per heavy atom. The van der Waals surface area contributed by atoms with E-state index in [1.54, 1.807) is 0 Å². The van der Waals surface area contributed by atoms with E-state index in [0.29, 0.717) is 0 Å². The Hall–Kier alpha value is -0.100. The van der Waals surface area contributed by atoms with E-state index in [-0.39, 0.29) is 36.0 Å². The van der Waals surface area contributed by atoms with Gasteiger partial charge in [0.2, 0.25) is 0 Å². The predicted octanol–water partition coefficient (Wildman–Crippen LogP) is -1.70. The molecule has 6 heteroatoms. The number of nitrogens with two attached hydrogens (primary N) is 1. The first-order valence-electron chi connectivity index (χ1n) is 6.60. The van der Waals surface area contributed by atoms with Crippen molar-refractivity contribution in [2.75, 3.05) is 0 Å². The van der Waals surface area contributed by atoms with Gasteiger partial charge in [-0.2, -0.15) is 0 Å². The van der Waals surface area contributed by atoms with Gasteiger partial charge in [-0.25, -0.2) is 0 Å². The number of hydrogen-bond acceptors (Lipinski definition) is 4. The molecule has 0 aromatic rings. The van der Waals surface area contributed by atoms with Gasteiger partial charge in [-0.05, 0) is 19.8 Å². The summed E-state index contributed by atoms with van der Waals surface area (Å²) >= 11 is 0. The fraction of sp³-hybridized carbons (Fsp3) is 0.846. The standard InChI is InChI=1S/C10H20O2.C3H7NO2.Na/c1-2-3-4-5-6-7-8-9-10(11)12;1-2(4)3(5)6;/h2-9H2,1H3,(H,11,12);2H,4H2,1H3,(H,5,6);/q;;+1/p-1. The van der Waals surface area contributed by atoms with E-state index in [0.717, 1.165) is 12.8 Å². The third kappa shape index (κ3) is 27.2. The van der Waals surface area contributed by atoms with Crippen molar-refractivity contribution >= 4 is 11.9 Å². The maximum absolute atomic E-state index is 10.0. The van der Waals surface area contributed by atoms with Crippen LogP contribution < -0.4 is 40.4 Å². The Morgan fingerprint density at radius 3 is 1.79 bits per heavy atom. The molecule has 19 heavy (non-hydrogen) atoms. The molecule has 0 amide bonds. The van der Waals surface area contributed by atoms with Crippen LogP contribution in [-0.2, 0) is 9.59 Å². The Kier molecular flexibility index (Phi) is 22.6. The van der Waals surface area contributed by atoms with Crippen LogP contribution in [0.5, 0.6) is 0 Å². The number of aliphatic carboxylic acids is 2. The van der Waals surface area contributed by atoms with Crippen LogP contribution in [-0.4, -0.2) is 23.1 Å². The molecule has 0 aliphatic rings. The normalized spacial score (nSPS) is 10.7. The quantitative estimate of drug-likeness (QED) is 0.388. The number of unbranched alkanes of at least 4 members (excludes halogenated alkanes) is 6. The monoisotopic (exact) mass is 283 g/mol. The molecule has 3 N–H and O–H groups in total. The molecule has 1 atom stereocenters. The molecular weight excluding hydrogens is 257 g/mol. The van der Waals surface area contributed by atoms with E-state index in [9.17, 15) is 14.7 Å². The first-order valence-corrected chi connectivity index (χ1v) is 6.60. The van der Waals surface area contributed by atoms with Crippen molar-refractivity contribution in [2.45, 2.75) is 71.3 Å². The van der Waals surface area contributed by atoms with E-state index in [1.165, 1.54) is 39.0 Å². The summed E-state index contributed by atoms with van der Waals surface area (Å²) < 4.78 is 0. The maximum Gasteiger partial charge on any atom is 1.00 e. The van der Waals surface area contributed by atoms with Gasteiger partial charge >= 0.3 is 35.5 Å². The molecule has 0 aliphatic heterocycles. The molecule has 0 rings (SSSR count). The van der Waals surface area contributed by atoms with Gasteiger partial charge in [0.05, 0.1) is 0 Å². The van der Waals surface area contributed by atoms with Crippen molar-refractivity contribution < 1.29 is 49.4 Å². The molecule has 0 spiro atoms. The summed E-state index contributed by atoms with van der Waals surface area (Å²) in [4.78, 5) is 19.6. The first kappa shape index (κ1) is 24.0. The molecule has 0 heterocycles. The summed E-state index contributed by atoms with van der Waals surface area (Å²) in [5, 5.41) is 17.9. The number of carboxylic acids is 2. The van der Waals surface area contributed by atoms with Crippen molar-refractivity contribution in [2.24, 2.45) is 5.73 Å². The number of carbonyl (C=O) groups is 2. The fourth-order valence-electron chi connectivity index (χ4n) is 1.23. The second-order valence-corrected chi connectivity index (χ2v) is 4.37. The van der Waals surface area contributed by atoms with Crippen LogP contribution in [0.3, 0.4) is 0 Å². The molecule has 5 nitrogen and oxygen atoms in total. The maximum atomic E-state index is 10.0. The number of carbonyl (C=O) groups excluding carboxylic acids is 1. The predicted molar refractivity (Wildman–Crippen MR) is 68.9 cm³/mol. The SMILES string of the molecule is CC(N)C(=O)O.CCCCCCCCCC(=O)[O-].[Na+]. The molecule has 1 unspecified atom stereocenters. The Morgan fingerprint density at radius 1 is 1.11 bits per heavy atom. The van der Waals surface area contributed by atoms with Gasteiger partial charge in [-0.15, -0.1) is 0 Å². The van der Waals surface area contributed by atoms with E-state index in [4.69, 9.17) is 10.8 Å². The van der Waals surface area contributed by atoms with Crippen LogP contribution in [0, 0.1) is 0 Å². The largest absolute Gasteiger partial charge is 1.00 e. The van der Waals surface area contributed by atoms with Gasteiger partial charge < -0.3 is 20.7 Å². The van der Waals surface area contributed by atoms with E-state index < -0.39 is 18.0 Å². The van der Waals surface area contributed by atoms with Crippen LogP contribution in [0.2, 0.25) is 0 Å². The van der Waals surface area contributed by atoms with Gasteiger partial charge in [0.1, 0.15) is 6.04 Å². The summed E-state index contributed by atoms with van der Waals surface area (Å²) in [5.74, 6) is -1.88. The van der Waals surface area contributed by atoms with Crippen LogP contribution in [0.4, 0.5) is 0 Å². The summed E-state index contributed by atoms with van der Waals surface area (Å²) in [7, 11) is 0. The van der Waals surface area contributed by atoms with E-state index in [1.807, 2.05) is 0 Å². The summed E-state index contributed by atoms with van der Waals surface area (Å²) in [6.45, 7) is 3.61. The molecule has 0 saturated carbocycles. The van der Waals surface area contributed by atoms with Crippen molar-refractivity contribution in [3.63, 3.8) is 0 Å². The van der Waals surface area contributed by atoms with Gasteiger partial charge in [-0.1, -0.05) is 45.4 Å². The third-order valence-electron chi connectivity index (χ3n) is 2.37.